The molecule has 11 heavy (non-hydrogen) atoms. The lowest BCUT2D eigenvalue weighted by molar-refractivity contribution is 0.276. The highest BCUT2D eigenvalue weighted by Gasteiger charge is 1.99. The lowest BCUT2D eigenvalue weighted by atomic mass is 10.0. The average molecular weight is 158 g/mol. The Hall–Kier alpha value is -0.340. The molecule has 0 aromatic carbocycles. The Bertz CT molecular complexity index is 99.7. The third-order valence-electron chi connectivity index (χ3n) is 1.77. The highest BCUT2D eigenvalue weighted by atomic mass is 16.3. The molecule has 0 aliphatic heterocycles. The van der Waals surface area contributed by atoms with Crippen LogP contribution in [0.4, 0.5) is 0 Å². The molecule has 0 unspecified atom stereocenters. The second kappa shape index (κ2) is 7.76. The summed E-state index contributed by atoms with van der Waals surface area (Å²) in [6, 6.07) is 0. The van der Waals surface area contributed by atoms with Gasteiger partial charge in [-0.25, -0.2) is 0 Å². The Morgan fingerprint density at radius 3 is 2.55 bits per heavy atom. The lowest BCUT2D eigenvalue weighted by Gasteiger charge is -2.07. The zero-order valence-corrected chi connectivity index (χ0v) is 7.16. The number of rotatable bonds is 6. The first-order valence-electron chi connectivity index (χ1n) is 4.23. The minimum atomic E-state index is 0.121. The molecule has 0 amide bonds. The molecule has 0 radical (unpaired) electrons. The number of hydrogen-bond acceptors (Lipinski definition) is 2. The summed E-state index contributed by atoms with van der Waals surface area (Å²) in [6.45, 7) is 2.50. The topological polar surface area (TPSA) is 40.5 Å². The SMILES string of the molecule is CC[C@@H](/C=C/CO)CCCO. The van der Waals surface area contributed by atoms with Crippen molar-refractivity contribution in [2.24, 2.45) is 5.92 Å². The van der Waals surface area contributed by atoms with E-state index in [1.807, 2.05) is 6.08 Å². The molecular weight excluding hydrogens is 140 g/mol. The van der Waals surface area contributed by atoms with Gasteiger partial charge in [-0.1, -0.05) is 19.1 Å². The number of aliphatic hydroxyl groups excluding tert-OH is 2. The Balaban J connectivity index is 3.48. The van der Waals surface area contributed by atoms with E-state index in [0.717, 1.165) is 19.3 Å². The smallest absolute Gasteiger partial charge is 0.0612 e. The maximum Gasteiger partial charge on any atom is 0.0612 e. The van der Waals surface area contributed by atoms with Crippen LogP contribution in [0.3, 0.4) is 0 Å². The predicted molar refractivity (Wildman–Crippen MR) is 46.3 cm³/mol. The summed E-state index contributed by atoms with van der Waals surface area (Å²) in [5.41, 5.74) is 0. The van der Waals surface area contributed by atoms with Crippen molar-refractivity contribution in [2.45, 2.75) is 26.2 Å². The van der Waals surface area contributed by atoms with E-state index >= 15 is 0 Å². The van der Waals surface area contributed by atoms with E-state index in [2.05, 4.69) is 6.92 Å². The van der Waals surface area contributed by atoms with Crippen molar-refractivity contribution in [1.82, 2.24) is 0 Å². The fourth-order valence-electron chi connectivity index (χ4n) is 1.04. The fourth-order valence-corrected chi connectivity index (χ4v) is 1.04. The Morgan fingerprint density at radius 2 is 2.09 bits per heavy atom. The van der Waals surface area contributed by atoms with Crippen LogP contribution in [0, 0.1) is 5.92 Å². The molecule has 0 heterocycles. The Morgan fingerprint density at radius 1 is 1.36 bits per heavy atom. The minimum absolute atomic E-state index is 0.121. The van der Waals surface area contributed by atoms with Gasteiger partial charge in [0.15, 0.2) is 0 Å². The molecule has 0 spiro atoms. The summed E-state index contributed by atoms with van der Waals surface area (Å²) in [5.74, 6) is 0.522. The minimum Gasteiger partial charge on any atom is -0.396 e. The summed E-state index contributed by atoms with van der Waals surface area (Å²) in [7, 11) is 0. The van der Waals surface area contributed by atoms with Crippen LogP contribution in [0.5, 0.6) is 0 Å². The highest BCUT2D eigenvalue weighted by molar-refractivity contribution is 4.87. The van der Waals surface area contributed by atoms with Crippen molar-refractivity contribution in [3.05, 3.63) is 12.2 Å². The second-order valence-electron chi connectivity index (χ2n) is 2.64. The standard InChI is InChI=1S/C9H18O2/c1-2-9(5-3-7-10)6-4-8-11/h3,5,9-11H,2,4,6-8H2,1H3/b5-3+/t9-/m0/s1. The maximum atomic E-state index is 8.56. The van der Waals surface area contributed by atoms with Crippen LogP contribution in [0.1, 0.15) is 26.2 Å². The molecule has 0 saturated heterocycles. The summed E-state index contributed by atoms with van der Waals surface area (Å²) < 4.78 is 0. The van der Waals surface area contributed by atoms with Crippen molar-refractivity contribution >= 4 is 0 Å². The molecule has 2 nitrogen and oxygen atoms in total. The molecule has 0 saturated carbocycles. The van der Waals surface area contributed by atoms with Crippen LogP contribution in [0.25, 0.3) is 0 Å². The van der Waals surface area contributed by atoms with E-state index < -0.39 is 0 Å². The van der Waals surface area contributed by atoms with E-state index in [9.17, 15) is 0 Å². The monoisotopic (exact) mass is 158 g/mol. The van der Waals surface area contributed by atoms with Gasteiger partial charge in [0.25, 0.3) is 0 Å². The van der Waals surface area contributed by atoms with Gasteiger partial charge < -0.3 is 10.2 Å². The van der Waals surface area contributed by atoms with Gasteiger partial charge in [-0.15, -0.1) is 0 Å². The normalized spacial score (nSPS) is 14.1. The van der Waals surface area contributed by atoms with Gasteiger partial charge in [-0.2, -0.15) is 0 Å². The molecule has 0 fully saturated rings. The van der Waals surface area contributed by atoms with Gasteiger partial charge in [0, 0.05) is 6.61 Å². The third-order valence-corrected chi connectivity index (χ3v) is 1.77. The van der Waals surface area contributed by atoms with E-state index in [4.69, 9.17) is 10.2 Å². The first-order valence-corrected chi connectivity index (χ1v) is 4.23. The van der Waals surface area contributed by atoms with Crippen LogP contribution in [-0.4, -0.2) is 23.4 Å². The van der Waals surface area contributed by atoms with Gasteiger partial charge in [0.2, 0.25) is 0 Å². The molecule has 1 atom stereocenters. The van der Waals surface area contributed by atoms with Crippen LogP contribution >= 0.6 is 0 Å². The zero-order valence-electron chi connectivity index (χ0n) is 7.16. The first kappa shape index (κ1) is 10.7. The van der Waals surface area contributed by atoms with Crippen LogP contribution < -0.4 is 0 Å². The molecule has 0 aromatic rings. The molecule has 66 valence electrons. The molecule has 0 rings (SSSR count). The lowest BCUT2D eigenvalue weighted by Crippen LogP contribution is -1.96. The van der Waals surface area contributed by atoms with Crippen molar-refractivity contribution in [3.8, 4) is 0 Å². The third kappa shape index (κ3) is 6.07. The second-order valence-corrected chi connectivity index (χ2v) is 2.64. The van der Waals surface area contributed by atoms with Crippen molar-refractivity contribution in [3.63, 3.8) is 0 Å². The van der Waals surface area contributed by atoms with Crippen molar-refractivity contribution < 1.29 is 10.2 Å². The van der Waals surface area contributed by atoms with Gasteiger partial charge in [0.05, 0.1) is 6.61 Å². The molecule has 2 heteroatoms. The summed E-state index contributed by atoms with van der Waals surface area (Å²) >= 11 is 0. The van der Waals surface area contributed by atoms with Gasteiger partial charge in [-0.3, -0.25) is 0 Å². The van der Waals surface area contributed by atoms with Crippen LogP contribution in [0.15, 0.2) is 12.2 Å². The number of aliphatic hydroxyl groups is 2. The first-order chi connectivity index (χ1) is 5.35. The molecule has 0 bridgehead atoms. The van der Waals surface area contributed by atoms with E-state index in [1.165, 1.54) is 0 Å². The van der Waals surface area contributed by atoms with E-state index in [-0.39, 0.29) is 13.2 Å². The van der Waals surface area contributed by atoms with Crippen molar-refractivity contribution in [1.29, 1.82) is 0 Å². The molecule has 0 aromatic heterocycles. The van der Waals surface area contributed by atoms with Crippen LogP contribution in [-0.2, 0) is 0 Å². The Kier molecular flexibility index (Phi) is 7.52. The Labute approximate surface area is 68.6 Å². The molecule has 0 aliphatic carbocycles. The summed E-state index contributed by atoms with van der Waals surface area (Å²) in [5, 5.41) is 17.1. The van der Waals surface area contributed by atoms with Gasteiger partial charge in [0.1, 0.15) is 0 Å². The molecule has 0 aliphatic rings. The highest BCUT2D eigenvalue weighted by Crippen LogP contribution is 2.11. The van der Waals surface area contributed by atoms with E-state index in [1.54, 1.807) is 6.08 Å². The van der Waals surface area contributed by atoms with Gasteiger partial charge in [-0.05, 0) is 25.2 Å². The quantitative estimate of drug-likeness (QED) is 0.572. The number of hydrogen-bond donors (Lipinski definition) is 2. The van der Waals surface area contributed by atoms with E-state index in [0.29, 0.717) is 5.92 Å². The van der Waals surface area contributed by atoms with Crippen molar-refractivity contribution in [2.75, 3.05) is 13.2 Å². The van der Waals surface area contributed by atoms with Gasteiger partial charge >= 0.3 is 0 Å². The number of allylic oxidation sites excluding steroid dienone is 1. The van der Waals surface area contributed by atoms with Crippen LogP contribution in [0.2, 0.25) is 0 Å². The summed E-state index contributed by atoms with van der Waals surface area (Å²) in [4.78, 5) is 0. The predicted octanol–water partition coefficient (Wildman–Crippen LogP) is 1.33. The maximum absolute atomic E-state index is 8.56. The largest absolute Gasteiger partial charge is 0.396 e. The molecular formula is C9H18O2. The zero-order chi connectivity index (χ0) is 8.53. The molecule has 2 N–H and O–H groups in total. The fraction of sp³-hybridized carbons (Fsp3) is 0.778. The average Bonchev–Trinajstić information content (AvgIpc) is 2.05. The summed E-state index contributed by atoms with van der Waals surface area (Å²) in [6.07, 6.45) is 6.75.